The van der Waals surface area contributed by atoms with Gasteiger partial charge in [0.05, 0.1) is 12.2 Å². The molecular weight excluding hydrogens is 289 g/mol. The number of aliphatic hydroxyl groups excluding tert-OH is 1. The van der Waals surface area contributed by atoms with Crippen LogP contribution in [0.4, 0.5) is 4.39 Å². The molecule has 1 aromatic carbocycles. The number of halogens is 1. The van der Waals surface area contributed by atoms with Crippen LogP contribution in [0.3, 0.4) is 0 Å². The van der Waals surface area contributed by atoms with Crippen molar-refractivity contribution in [2.45, 2.75) is 13.0 Å². The summed E-state index contributed by atoms with van der Waals surface area (Å²) >= 11 is 1.56. The molecule has 0 bridgehead atoms. The van der Waals surface area contributed by atoms with E-state index in [1.54, 1.807) is 11.3 Å². The first-order chi connectivity index (χ1) is 10.2. The summed E-state index contributed by atoms with van der Waals surface area (Å²) in [4.78, 5) is 12.2. The Kier molecular flexibility index (Phi) is 5.50. The van der Waals surface area contributed by atoms with Crippen molar-refractivity contribution in [1.82, 2.24) is 5.32 Å². The fourth-order valence-electron chi connectivity index (χ4n) is 1.70. The highest BCUT2D eigenvalue weighted by Crippen LogP contribution is 2.11. The molecule has 0 aliphatic rings. The zero-order chi connectivity index (χ0) is 15.1. The van der Waals surface area contributed by atoms with Crippen molar-refractivity contribution in [2.24, 2.45) is 0 Å². The quantitative estimate of drug-likeness (QED) is 0.853. The molecule has 0 spiro atoms. The van der Waals surface area contributed by atoms with Crippen molar-refractivity contribution >= 4 is 17.2 Å². The molecule has 1 aromatic heterocycles. The van der Waals surface area contributed by atoms with Gasteiger partial charge in [0.1, 0.15) is 5.82 Å². The predicted molar refractivity (Wildman–Crippen MR) is 80.5 cm³/mol. The molecule has 3 nitrogen and oxygen atoms in total. The normalized spacial score (nSPS) is 9.81. The lowest BCUT2D eigenvalue weighted by Gasteiger charge is -2.06. The number of carbonyl (C=O) groups excluding carboxylic acids is 1. The van der Waals surface area contributed by atoms with E-state index < -0.39 is 5.82 Å². The molecule has 1 amide bonds. The van der Waals surface area contributed by atoms with Gasteiger partial charge in [0.2, 0.25) is 0 Å². The zero-order valence-electron chi connectivity index (χ0n) is 11.2. The van der Waals surface area contributed by atoms with Gasteiger partial charge in [0.15, 0.2) is 0 Å². The first kappa shape index (κ1) is 15.2. The van der Waals surface area contributed by atoms with Gasteiger partial charge >= 0.3 is 0 Å². The van der Waals surface area contributed by atoms with Crippen LogP contribution < -0.4 is 5.32 Å². The molecular formula is C16H14FNO2S. The van der Waals surface area contributed by atoms with Crippen molar-refractivity contribution in [1.29, 1.82) is 0 Å². The predicted octanol–water partition coefficient (Wildman–Crippen LogP) is 2.55. The van der Waals surface area contributed by atoms with Crippen LogP contribution in [0.15, 0.2) is 35.0 Å². The maximum Gasteiger partial charge on any atom is 0.252 e. The Bertz CT molecular complexity index is 671. The fraction of sp³-hybridized carbons (Fsp3) is 0.188. The van der Waals surface area contributed by atoms with Gasteiger partial charge in [0.25, 0.3) is 5.91 Å². The minimum Gasteiger partial charge on any atom is -0.395 e. The molecule has 108 valence electrons. The van der Waals surface area contributed by atoms with Gasteiger partial charge in [-0.2, -0.15) is 11.3 Å². The highest BCUT2D eigenvalue weighted by atomic mass is 32.1. The lowest BCUT2D eigenvalue weighted by molar-refractivity contribution is 0.0950. The lowest BCUT2D eigenvalue weighted by Crippen LogP contribution is -2.23. The summed E-state index contributed by atoms with van der Waals surface area (Å²) in [7, 11) is 0. The summed E-state index contributed by atoms with van der Waals surface area (Å²) in [6, 6.07) is 5.80. The Morgan fingerprint density at radius 1 is 1.38 bits per heavy atom. The summed E-state index contributed by atoms with van der Waals surface area (Å²) in [5, 5.41) is 15.4. The Morgan fingerprint density at radius 2 is 2.24 bits per heavy atom. The Balaban J connectivity index is 2.14. The Hall–Kier alpha value is -2.16. The first-order valence-corrected chi connectivity index (χ1v) is 7.33. The van der Waals surface area contributed by atoms with Crippen LogP contribution in [0, 0.1) is 17.7 Å². The first-order valence-electron chi connectivity index (χ1n) is 6.39. The number of nitrogens with one attached hydrogen (secondary N) is 1. The van der Waals surface area contributed by atoms with Crippen LogP contribution in [-0.2, 0) is 6.54 Å². The molecule has 0 saturated carbocycles. The Labute approximate surface area is 126 Å². The van der Waals surface area contributed by atoms with Crippen molar-refractivity contribution < 1.29 is 14.3 Å². The van der Waals surface area contributed by atoms with Crippen LogP contribution >= 0.6 is 11.3 Å². The smallest absolute Gasteiger partial charge is 0.252 e. The monoisotopic (exact) mass is 303 g/mol. The molecule has 1 heterocycles. The van der Waals surface area contributed by atoms with Crippen molar-refractivity contribution in [3.8, 4) is 11.8 Å². The number of thiophene rings is 1. The van der Waals surface area contributed by atoms with Gasteiger partial charge in [-0.15, -0.1) is 0 Å². The molecule has 2 aromatic rings. The van der Waals surface area contributed by atoms with Crippen LogP contribution in [0.5, 0.6) is 0 Å². The molecule has 0 atom stereocenters. The molecule has 0 radical (unpaired) electrons. The van der Waals surface area contributed by atoms with E-state index in [0.717, 1.165) is 5.56 Å². The van der Waals surface area contributed by atoms with E-state index in [0.29, 0.717) is 17.7 Å². The maximum absolute atomic E-state index is 13.3. The largest absolute Gasteiger partial charge is 0.395 e. The second-order valence-electron chi connectivity index (χ2n) is 4.28. The summed E-state index contributed by atoms with van der Waals surface area (Å²) in [6.45, 7) is 0.352. The summed E-state index contributed by atoms with van der Waals surface area (Å²) in [5.74, 6) is 4.68. The maximum atomic E-state index is 13.3. The van der Waals surface area contributed by atoms with Crippen LogP contribution in [-0.4, -0.2) is 17.6 Å². The standard InChI is InChI=1S/C16H14FNO2S/c17-14-4-5-15(13(9-14)3-1-2-7-19)16(20)18-10-12-6-8-21-11-12/h4-6,8-9,11,19H,2,7,10H2,(H,18,20). The van der Waals surface area contributed by atoms with Gasteiger partial charge in [-0.05, 0) is 40.6 Å². The number of aliphatic hydroxyl groups is 1. The molecule has 5 heteroatoms. The number of amides is 1. The molecule has 2 rings (SSSR count). The minimum atomic E-state index is -0.447. The van der Waals surface area contributed by atoms with Gasteiger partial charge in [-0.3, -0.25) is 4.79 Å². The second-order valence-corrected chi connectivity index (χ2v) is 5.06. The van der Waals surface area contributed by atoms with E-state index in [4.69, 9.17) is 5.11 Å². The van der Waals surface area contributed by atoms with Crippen LogP contribution in [0.2, 0.25) is 0 Å². The Morgan fingerprint density at radius 3 is 2.95 bits per heavy atom. The van der Waals surface area contributed by atoms with Gasteiger partial charge < -0.3 is 10.4 Å². The topological polar surface area (TPSA) is 49.3 Å². The third-order valence-corrected chi connectivity index (χ3v) is 3.45. The number of hydrogen-bond donors (Lipinski definition) is 2. The van der Waals surface area contributed by atoms with Crippen molar-refractivity contribution in [2.75, 3.05) is 6.61 Å². The SMILES string of the molecule is O=C(NCc1ccsc1)c1ccc(F)cc1C#CCCO. The van der Waals surface area contributed by atoms with E-state index in [1.807, 2.05) is 16.8 Å². The van der Waals surface area contributed by atoms with Crippen LogP contribution in [0.1, 0.15) is 27.9 Å². The zero-order valence-corrected chi connectivity index (χ0v) is 12.0. The average molecular weight is 303 g/mol. The van der Waals surface area contributed by atoms with E-state index >= 15 is 0 Å². The molecule has 0 unspecified atom stereocenters. The van der Waals surface area contributed by atoms with Crippen molar-refractivity contribution in [3.05, 3.63) is 57.5 Å². The molecule has 0 aliphatic carbocycles. The minimum absolute atomic E-state index is 0.0675. The molecule has 0 aliphatic heterocycles. The highest BCUT2D eigenvalue weighted by molar-refractivity contribution is 7.07. The van der Waals surface area contributed by atoms with Gasteiger partial charge in [-0.1, -0.05) is 11.8 Å². The molecule has 2 N–H and O–H groups in total. The highest BCUT2D eigenvalue weighted by Gasteiger charge is 2.11. The van der Waals surface area contributed by atoms with E-state index in [-0.39, 0.29) is 18.9 Å². The number of rotatable bonds is 4. The summed E-state index contributed by atoms with van der Waals surface area (Å²) in [5.41, 5.74) is 1.67. The second kappa shape index (κ2) is 7.58. The third-order valence-electron chi connectivity index (χ3n) is 2.72. The number of hydrogen-bond acceptors (Lipinski definition) is 3. The van der Waals surface area contributed by atoms with Crippen LogP contribution in [0.25, 0.3) is 0 Å². The number of carbonyl (C=O) groups is 1. The van der Waals surface area contributed by atoms with E-state index in [2.05, 4.69) is 17.2 Å². The van der Waals surface area contributed by atoms with Gasteiger partial charge in [-0.25, -0.2) is 4.39 Å². The lowest BCUT2D eigenvalue weighted by atomic mass is 10.1. The fourth-order valence-corrected chi connectivity index (χ4v) is 2.37. The third kappa shape index (κ3) is 4.42. The molecule has 0 fully saturated rings. The van der Waals surface area contributed by atoms with Gasteiger partial charge in [0, 0.05) is 18.5 Å². The number of benzene rings is 1. The summed E-state index contributed by atoms with van der Waals surface area (Å²) < 4.78 is 13.3. The van der Waals surface area contributed by atoms with E-state index in [9.17, 15) is 9.18 Å². The molecule has 21 heavy (non-hydrogen) atoms. The van der Waals surface area contributed by atoms with Crippen molar-refractivity contribution in [3.63, 3.8) is 0 Å². The summed E-state index contributed by atoms with van der Waals surface area (Å²) in [6.07, 6.45) is 0.284. The van der Waals surface area contributed by atoms with E-state index in [1.165, 1.54) is 18.2 Å². The molecule has 0 saturated heterocycles. The average Bonchev–Trinajstić information content (AvgIpc) is 2.98.